The van der Waals surface area contributed by atoms with Gasteiger partial charge in [0.05, 0.1) is 73.1 Å². The van der Waals surface area contributed by atoms with E-state index in [0.717, 1.165) is 10.5 Å². The zero-order chi connectivity index (χ0) is 60.3. The summed E-state index contributed by atoms with van der Waals surface area (Å²) in [5.74, 6) is -5.14. The number of cyclic esters (lactones) is 1. The molecular weight excluding hydrogens is 1080 g/mol. The number of carbonyl (C=O) groups is 3. The molecule has 4 aliphatic heterocycles. The summed E-state index contributed by atoms with van der Waals surface area (Å²) in [6.07, 6.45) is -9.67. The number of carboxylic acid groups (broad SMARTS) is 1. The fourth-order valence-corrected chi connectivity index (χ4v) is 13.1. The van der Waals surface area contributed by atoms with Crippen molar-refractivity contribution in [3.63, 3.8) is 0 Å². The van der Waals surface area contributed by atoms with E-state index >= 15 is 0 Å². The van der Waals surface area contributed by atoms with Crippen LogP contribution in [0, 0.1) is 23.7 Å². The van der Waals surface area contributed by atoms with Gasteiger partial charge in [0.1, 0.15) is 41.8 Å². The Labute approximate surface area is 479 Å². The van der Waals surface area contributed by atoms with Gasteiger partial charge in [-0.3, -0.25) is 9.59 Å². The lowest BCUT2D eigenvalue weighted by Crippen LogP contribution is -2.61. The maximum absolute atomic E-state index is 14.6. The van der Waals surface area contributed by atoms with Crippen molar-refractivity contribution in [1.29, 1.82) is 0 Å². The van der Waals surface area contributed by atoms with E-state index in [1.165, 1.54) is 39.1 Å². The number of hydrogen-bond donors (Lipinski definition) is 6. The number of benzene rings is 1. The Morgan fingerprint density at radius 3 is 2.26 bits per heavy atom. The molecule has 24 heteroatoms. The predicted molar refractivity (Wildman–Crippen MR) is 299 cm³/mol. The molecule has 458 valence electrons. The highest BCUT2D eigenvalue weighted by molar-refractivity contribution is 7.99. The largest absolute Gasteiger partial charge is 0.477 e. The van der Waals surface area contributed by atoms with Crippen molar-refractivity contribution in [1.82, 2.24) is 14.8 Å². The molecule has 1 aromatic carbocycles. The minimum absolute atomic E-state index is 0.0171. The maximum atomic E-state index is 14.6. The van der Waals surface area contributed by atoms with E-state index < -0.39 is 125 Å². The lowest BCUT2D eigenvalue weighted by molar-refractivity contribution is -0.317. The summed E-state index contributed by atoms with van der Waals surface area (Å²) in [7, 11) is 6.52. The Bertz CT molecular complexity index is 2600. The second-order valence-electron chi connectivity index (χ2n) is 23.8. The number of aromatic nitrogens is 1. The third kappa shape index (κ3) is 14.7. The molecule has 1 amide bonds. The molecule has 6 rings (SSSR count). The number of oxime groups is 1. The smallest absolute Gasteiger partial charge is 0.407 e. The summed E-state index contributed by atoms with van der Waals surface area (Å²) in [4.78, 5) is 61.2. The summed E-state index contributed by atoms with van der Waals surface area (Å²) < 4.78 is 58.2. The molecular formula is C57H90N4O19S. The Morgan fingerprint density at radius 2 is 1.63 bits per heavy atom. The van der Waals surface area contributed by atoms with E-state index in [0.29, 0.717) is 28.8 Å². The first kappa shape index (κ1) is 66.1. The van der Waals surface area contributed by atoms with Crippen molar-refractivity contribution < 1.29 is 87.4 Å². The van der Waals surface area contributed by atoms with Crippen molar-refractivity contribution in [3.05, 3.63) is 39.7 Å². The van der Waals surface area contributed by atoms with Crippen LogP contribution in [-0.4, -0.2) is 197 Å². The Hall–Kier alpha value is -4.02. The molecule has 81 heavy (non-hydrogen) atoms. The molecule has 2 aromatic rings. The molecule has 0 unspecified atom stereocenters. The number of aliphatic hydroxyl groups is 4. The van der Waals surface area contributed by atoms with Crippen molar-refractivity contribution >= 4 is 46.4 Å². The zero-order valence-electron chi connectivity index (χ0n) is 50.0. The molecule has 0 spiro atoms. The van der Waals surface area contributed by atoms with Crippen LogP contribution in [0.5, 0.6) is 0 Å². The Kier molecular flexibility index (Phi) is 22.0. The van der Waals surface area contributed by atoms with Gasteiger partial charge in [-0.2, -0.15) is 0 Å². The van der Waals surface area contributed by atoms with E-state index in [-0.39, 0.29) is 63.3 Å². The van der Waals surface area contributed by atoms with Gasteiger partial charge in [0, 0.05) is 71.7 Å². The number of aromatic carboxylic acids is 1. The summed E-state index contributed by atoms with van der Waals surface area (Å²) in [5, 5.41) is 65.6. The SMILES string of the molecule is CC[C@H]1OC(=O)[C@H](C)[C@@H](O[C@H]2C[C@@](C)(OC)[C@@H](OC(=O)NCCOCCSc3cc4c5c(c3)c(=O)c(C(=O)O)cn5C(C)(C)OC4)[C@H](C)O2)[C@H](C)[C@@H](O[C@H]2O[C@@H](C)C[C@@H](N(C)C)[C@@H]2O)[C@](C)(O)C[C@@H](C)/C(=N\OC)[C@H](C)[C@@H](O)[C@]1(C)O. The number of methoxy groups -OCH3 is 1. The number of esters is 1. The van der Waals surface area contributed by atoms with Crippen LogP contribution in [0.4, 0.5) is 4.79 Å². The van der Waals surface area contributed by atoms with Gasteiger partial charge in [0.15, 0.2) is 18.7 Å². The number of thioether (sulfide) groups is 1. The fraction of sp³-hybridized carbons (Fsp3) is 0.772. The van der Waals surface area contributed by atoms with Crippen molar-refractivity contribution in [2.75, 3.05) is 53.8 Å². The molecule has 5 heterocycles. The third-order valence-electron chi connectivity index (χ3n) is 16.8. The zero-order valence-corrected chi connectivity index (χ0v) is 50.8. The number of ether oxygens (including phenoxy) is 9. The number of carbonyl (C=O) groups excluding carboxylic acids is 2. The molecule has 1 aromatic heterocycles. The molecule has 6 N–H and O–H groups in total. The number of pyridine rings is 1. The average Bonchev–Trinajstić information content (AvgIpc) is 3.60. The van der Waals surface area contributed by atoms with Crippen LogP contribution >= 0.6 is 11.8 Å². The second-order valence-corrected chi connectivity index (χ2v) is 25.0. The summed E-state index contributed by atoms with van der Waals surface area (Å²) >= 11 is 1.43. The lowest BCUT2D eigenvalue weighted by atomic mass is 9.73. The first-order valence-electron chi connectivity index (χ1n) is 28.0. The number of rotatable bonds is 17. The van der Waals surface area contributed by atoms with Gasteiger partial charge < -0.3 is 87.8 Å². The standard InChI is InChI=1S/C57H90N4O19S/c1-17-40-57(12,70)47(64)31(4)42(59-72-16)29(2)25-55(10,69)48(79-52-45(63)39(60(13)14)22-30(3)75-52)32(5)46(33(6)51(67)77-40)78-41-26-56(11,71-15)49(34(7)76-41)80-53(68)58-18-19-73-20-21-81-36-23-35-28-74-54(8,9)61-27-38(50(65)66)44(62)37(24-36)43(35)61/h23-24,27,29-34,39-41,45-49,52,63-64,69-70H,17-22,25-26,28H2,1-16H3,(H,58,68)(H,65,66)/b59-42+/t29-,30+,31+,32+,33-,34+,39-,40-,41+,45+,46+,47-,48-,49+,52-,55-,56-,57-/m1/s1. The topological polar surface area (TPSA) is 294 Å². The van der Waals surface area contributed by atoms with E-state index in [1.807, 2.05) is 52.8 Å². The van der Waals surface area contributed by atoms with E-state index in [9.17, 15) is 44.7 Å². The van der Waals surface area contributed by atoms with E-state index in [4.69, 9.17) is 47.5 Å². The number of likely N-dealkylation sites (N-methyl/N-ethyl adjacent to an activating group) is 1. The molecule has 0 bridgehead atoms. The number of aliphatic hydroxyl groups excluding tert-OH is 2. The Balaban J connectivity index is 1.17. The number of nitrogens with one attached hydrogen (secondary N) is 1. The van der Waals surface area contributed by atoms with E-state index in [1.54, 1.807) is 59.1 Å². The quantitative estimate of drug-likeness (QED) is 0.0526. The van der Waals surface area contributed by atoms with Crippen molar-refractivity contribution in [2.45, 2.75) is 210 Å². The van der Waals surface area contributed by atoms with Gasteiger partial charge in [-0.1, -0.05) is 32.9 Å². The van der Waals surface area contributed by atoms with Crippen LogP contribution in [0.2, 0.25) is 0 Å². The van der Waals surface area contributed by atoms with E-state index in [2.05, 4.69) is 10.5 Å². The highest BCUT2D eigenvalue weighted by Crippen LogP contribution is 2.42. The molecule has 4 aliphatic rings. The van der Waals surface area contributed by atoms with Crippen molar-refractivity contribution in [3.8, 4) is 0 Å². The second kappa shape index (κ2) is 26.9. The van der Waals surface area contributed by atoms with Crippen LogP contribution < -0.4 is 10.7 Å². The van der Waals surface area contributed by atoms with Crippen LogP contribution in [0.1, 0.15) is 125 Å². The molecule has 0 aliphatic carbocycles. The van der Waals surface area contributed by atoms with Gasteiger partial charge in [-0.15, -0.1) is 11.8 Å². The van der Waals surface area contributed by atoms with Gasteiger partial charge in [-0.25, -0.2) is 9.59 Å². The van der Waals surface area contributed by atoms with Crippen LogP contribution in [0.3, 0.4) is 0 Å². The van der Waals surface area contributed by atoms with Crippen molar-refractivity contribution in [2.24, 2.45) is 28.8 Å². The van der Waals surface area contributed by atoms with Crippen LogP contribution in [0.25, 0.3) is 10.9 Å². The number of amides is 1. The molecule has 3 saturated heterocycles. The van der Waals surface area contributed by atoms with Crippen LogP contribution in [-0.2, 0) is 64.6 Å². The fourth-order valence-electron chi connectivity index (χ4n) is 12.2. The minimum Gasteiger partial charge on any atom is -0.477 e. The van der Waals surface area contributed by atoms with Crippen LogP contribution in [0.15, 0.2) is 33.2 Å². The summed E-state index contributed by atoms with van der Waals surface area (Å²) in [6, 6.07) is 3.25. The predicted octanol–water partition coefficient (Wildman–Crippen LogP) is 5.00. The highest BCUT2D eigenvalue weighted by atomic mass is 32.2. The number of carboxylic acids is 1. The lowest BCUT2D eigenvalue weighted by Gasteiger charge is -2.49. The summed E-state index contributed by atoms with van der Waals surface area (Å²) in [5.41, 5.74) is -5.05. The number of hydrogen-bond acceptors (Lipinski definition) is 21. The average molecular weight is 1170 g/mol. The number of nitrogens with zero attached hydrogens (tertiary/aromatic N) is 3. The first-order valence-corrected chi connectivity index (χ1v) is 29.0. The molecule has 0 saturated carbocycles. The molecule has 23 nitrogen and oxygen atoms in total. The third-order valence-corrected chi connectivity index (χ3v) is 17.7. The van der Waals surface area contributed by atoms with Gasteiger partial charge in [-0.05, 0) is 101 Å². The Morgan fingerprint density at radius 1 is 0.938 bits per heavy atom. The molecule has 3 fully saturated rings. The van der Waals surface area contributed by atoms with Gasteiger partial charge >= 0.3 is 18.0 Å². The van der Waals surface area contributed by atoms with Gasteiger partial charge in [0.25, 0.3) is 0 Å². The normalized spacial score (nSPS) is 37.4. The first-order chi connectivity index (χ1) is 37.8. The maximum Gasteiger partial charge on any atom is 0.407 e. The minimum atomic E-state index is -1.99. The number of alkyl carbamates (subject to hydrolysis) is 1. The summed E-state index contributed by atoms with van der Waals surface area (Å²) in [6.45, 7) is 21.2. The van der Waals surface area contributed by atoms with Gasteiger partial charge in [0.2, 0.25) is 5.43 Å². The molecule has 0 radical (unpaired) electrons. The molecule has 18 atom stereocenters. The highest BCUT2D eigenvalue weighted by Gasteiger charge is 2.54. The monoisotopic (exact) mass is 1170 g/mol.